The Morgan fingerprint density at radius 2 is 1.54 bits per heavy atom. The zero-order valence-corrected chi connectivity index (χ0v) is 15.3. The highest BCUT2D eigenvalue weighted by molar-refractivity contribution is 9.10. The van der Waals surface area contributed by atoms with Crippen LogP contribution in [-0.4, -0.2) is 13.7 Å². The molecule has 2 aromatic rings. The van der Waals surface area contributed by atoms with Crippen LogP contribution >= 0.6 is 27.5 Å². The van der Waals surface area contributed by atoms with Crippen LogP contribution in [0.25, 0.3) is 0 Å². The van der Waals surface area contributed by atoms with E-state index in [-0.39, 0.29) is 4.90 Å². The van der Waals surface area contributed by atoms with Crippen LogP contribution in [0.5, 0.6) is 0 Å². The van der Waals surface area contributed by atoms with E-state index in [9.17, 15) is 18.9 Å². The number of benzene rings is 2. The minimum Gasteiger partial charge on any atom is -0.223 e. The fourth-order valence-corrected chi connectivity index (χ4v) is 5.54. The van der Waals surface area contributed by atoms with Crippen LogP contribution in [0.1, 0.15) is 11.5 Å². The van der Waals surface area contributed by atoms with Crippen LogP contribution in [-0.2, 0) is 9.84 Å². The molecule has 1 aliphatic carbocycles. The van der Waals surface area contributed by atoms with Crippen molar-refractivity contribution in [3.8, 4) is 12.1 Å². The third-order valence-corrected chi connectivity index (χ3v) is 7.23. The second kappa shape index (κ2) is 5.89. The lowest BCUT2D eigenvalue weighted by molar-refractivity contribution is 0.591. The van der Waals surface area contributed by atoms with Crippen molar-refractivity contribution >= 4 is 37.4 Å². The van der Waals surface area contributed by atoms with E-state index < -0.39 is 26.4 Å². The van der Waals surface area contributed by atoms with Crippen LogP contribution in [0.2, 0.25) is 5.02 Å². The van der Waals surface area contributed by atoms with Gasteiger partial charge in [-0.15, -0.1) is 0 Å². The summed E-state index contributed by atoms with van der Waals surface area (Å²) in [5.41, 5.74) is -0.921. The van der Waals surface area contributed by atoms with E-state index in [0.717, 1.165) is 4.47 Å². The molecule has 1 fully saturated rings. The van der Waals surface area contributed by atoms with E-state index >= 15 is 0 Å². The Morgan fingerprint density at radius 3 is 2.04 bits per heavy atom. The van der Waals surface area contributed by atoms with E-state index in [1.54, 1.807) is 24.3 Å². The normalized spacial score (nSPS) is 21.5. The lowest BCUT2D eigenvalue weighted by Crippen LogP contribution is -2.14. The molecular formula is C17H10BrClN2O2S. The molecule has 0 amide bonds. The summed E-state index contributed by atoms with van der Waals surface area (Å²) in [7, 11) is -3.84. The first-order chi connectivity index (χ1) is 11.4. The van der Waals surface area contributed by atoms with Gasteiger partial charge in [-0.3, -0.25) is 0 Å². The standard InChI is InChI=1S/C17H10BrClN2O2S/c18-12-3-1-11(2-4-12)15-16(17(15,9-20)10-21)24(22,23)14-7-5-13(19)6-8-14/h1-8,15-16H/t15-,16+/m0/s1. The molecule has 0 spiro atoms. The Bertz CT molecular complexity index is 959. The summed E-state index contributed by atoms with van der Waals surface area (Å²) in [6.07, 6.45) is 0. The summed E-state index contributed by atoms with van der Waals surface area (Å²) in [5.74, 6) is -0.679. The average molecular weight is 422 g/mol. The second-order valence-electron chi connectivity index (χ2n) is 5.54. The first-order valence-electron chi connectivity index (χ1n) is 6.94. The molecule has 0 N–H and O–H groups in total. The number of nitrogens with zero attached hydrogens (tertiary/aromatic N) is 2. The topological polar surface area (TPSA) is 81.7 Å². The molecule has 0 radical (unpaired) electrons. The Morgan fingerprint density at radius 1 is 1.00 bits per heavy atom. The minimum atomic E-state index is -3.84. The molecule has 4 nitrogen and oxygen atoms in total. The van der Waals surface area contributed by atoms with Crippen LogP contribution in [0, 0.1) is 28.1 Å². The van der Waals surface area contributed by atoms with Crippen molar-refractivity contribution in [1.82, 2.24) is 0 Å². The highest BCUT2D eigenvalue weighted by Crippen LogP contribution is 2.63. The number of hydrogen-bond donors (Lipinski definition) is 0. The van der Waals surface area contributed by atoms with Gasteiger partial charge in [0, 0.05) is 15.4 Å². The quantitative estimate of drug-likeness (QED) is 0.748. The summed E-state index contributed by atoms with van der Waals surface area (Å²) in [5, 5.41) is 18.3. The smallest absolute Gasteiger partial charge is 0.184 e. The van der Waals surface area contributed by atoms with E-state index in [2.05, 4.69) is 15.9 Å². The van der Waals surface area contributed by atoms with Gasteiger partial charge in [0.1, 0.15) is 5.25 Å². The van der Waals surface area contributed by atoms with Crippen LogP contribution < -0.4 is 0 Å². The zero-order chi connectivity index (χ0) is 17.5. The maximum atomic E-state index is 12.9. The molecule has 2 aromatic carbocycles. The molecule has 7 heteroatoms. The Balaban J connectivity index is 2.09. The lowest BCUT2D eigenvalue weighted by atomic mass is 10.0. The van der Waals surface area contributed by atoms with Crippen LogP contribution in [0.15, 0.2) is 57.9 Å². The summed E-state index contributed by atoms with van der Waals surface area (Å²) < 4.78 is 26.7. The lowest BCUT2D eigenvalue weighted by Gasteiger charge is -2.04. The molecule has 2 atom stereocenters. The van der Waals surface area contributed by atoms with Gasteiger partial charge in [-0.1, -0.05) is 39.7 Å². The number of nitriles is 2. The van der Waals surface area contributed by atoms with Crippen molar-refractivity contribution in [1.29, 1.82) is 10.5 Å². The van der Waals surface area contributed by atoms with Gasteiger partial charge in [0.25, 0.3) is 0 Å². The zero-order valence-electron chi connectivity index (χ0n) is 12.1. The molecule has 24 heavy (non-hydrogen) atoms. The predicted molar refractivity (Wildman–Crippen MR) is 93.0 cm³/mol. The molecule has 0 heterocycles. The number of hydrogen-bond acceptors (Lipinski definition) is 4. The van der Waals surface area contributed by atoms with Crippen molar-refractivity contribution < 1.29 is 8.42 Å². The molecule has 1 aliphatic rings. The van der Waals surface area contributed by atoms with Gasteiger partial charge in [0.05, 0.1) is 17.0 Å². The Hall–Kier alpha value is -1.86. The minimum absolute atomic E-state index is 0.0615. The van der Waals surface area contributed by atoms with Crippen LogP contribution in [0.4, 0.5) is 0 Å². The van der Waals surface area contributed by atoms with E-state index in [1.807, 2.05) is 12.1 Å². The molecule has 0 saturated heterocycles. The Kier molecular flexibility index (Phi) is 4.17. The molecule has 0 aromatic heterocycles. The SMILES string of the molecule is N#CC1(C#N)[C@H](S(=O)(=O)c2ccc(Cl)cc2)[C@@H]1c1ccc(Br)cc1. The molecule has 0 unspecified atom stereocenters. The molecule has 1 saturated carbocycles. The molecule has 120 valence electrons. The Labute approximate surface area is 153 Å². The van der Waals surface area contributed by atoms with Crippen molar-refractivity contribution in [3.05, 3.63) is 63.6 Å². The van der Waals surface area contributed by atoms with E-state index in [1.165, 1.54) is 24.3 Å². The molecular weight excluding hydrogens is 412 g/mol. The van der Waals surface area contributed by atoms with Gasteiger partial charge in [0.2, 0.25) is 0 Å². The van der Waals surface area contributed by atoms with Gasteiger partial charge in [-0.05, 0) is 42.0 Å². The fraction of sp³-hybridized carbons (Fsp3) is 0.176. The highest BCUT2D eigenvalue weighted by atomic mass is 79.9. The second-order valence-corrected chi connectivity index (χ2v) is 8.96. The monoisotopic (exact) mass is 420 g/mol. The molecule has 0 aliphatic heterocycles. The van der Waals surface area contributed by atoms with E-state index in [0.29, 0.717) is 10.6 Å². The van der Waals surface area contributed by atoms with Crippen molar-refractivity contribution in [2.75, 3.05) is 0 Å². The largest absolute Gasteiger partial charge is 0.223 e. The van der Waals surface area contributed by atoms with Gasteiger partial charge in [-0.2, -0.15) is 10.5 Å². The summed E-state index contributed by atoms with van der Waals surface area (Å²) >= 11 is 9.12. The van der Waals surface area contributed by atoms with Crippen molar-refractivity contribution in [3.63, 3.8) is 0 Å². The van der Waals surface area contributed by atoms with Crippen molar-refractivity contribution in [2.24, 2.45) is 5.41 Å². The molecule has 0 bridgehead atoms. The maximum Gasteiger partial charge on any atom is 0.184 e. The van der Waals surface area contributed by atoms with Crippen molar-refractivity contribution in [2.45, 2.75) is 16.1 Å². The van der Waals surface area contributed by atoms with Gasteiger partial charge < -0.3 is 0 Å². The number of halogens is 2. The number of rotatable bonds is 3. The summed E-state index contributed by atoms with van der Waals surface area (Å²) in [6, 6.07) is 16.6. The third-order valence-electron chi connectivity index (χ3n) is 4.21. The maximum absolute atomic E-state index is 12.9. The fourth-order valence-electron chi connectivity index (χ4n) is 2.95. The predicted octanol–water partition coefficient (Wildman–Crippen LogP) is 4.08. The highest BCUT2D eigenvalue weighted by Gasteiger charge is 2.73. The average Bonchev–Trinajstić information content (AvgIpc) is 3.26. The number of sulfone groups is 1. The van der Waals surface area contributed by atoms with Crippen LogP contribution in [0.3, 0.4) is 0 Å². The molecule has 3 rings (SSSR count). The van der Waals surface area contributed by atoms with E-state index in [4.69, 9.17) is 11.6 Å². The third kappa shape index (κ3) is 2.52. The van der Waals surface area contributed by atoms with Gasteiger partial charge in [-0.25, -0.2) is 8.42 Å². The first-order valence-corrected chi connectivity index (χ1v) is 9.66. The first kappa shape index (κ1) is 17.0. The summed E-state index contributed by atoms with van der Waals surface area (Å²) in [6.45, 7) is 0. The summed E-state index contributed by atoms with van der Waals surface area (Å²) in [4.78, 5) is 0.0615. The van der Waals surface area contributed by atoms with Gasteiger partial charge >= 0.3 is 0 Å². The van der Waals surface area contributed by atoms with Gasteiger partial charge in [0.15, 0.2) is 15.3 Å².